The molecule has 4 heterocycles. The normalized spacial score (nSPS) is 15.5. The third kappa shape index (κ3) is 3.30. The van der Waals surface area contributed by atoms with E-state index in [4.69, 9.17) is 9.47 Å². The van der Waals surface area contributed by atoms with Crippen LogP contribution in [-0.4, -0.2) is 0 Å². The maximum atomic E-state index is 6.42. The van der Waals surface area contributed by atoms with Crippen molar-refractivity contribution in [1.82, 2.24) is 0 Å². The van der Waals surface area contributed by atoms with Crippen molar-refractivity contribution < 1.29 is 18.6 Å². The van der Waals surface area contributed by atoms with Crippen molar-refractivity contribution in [2.75, 3.05) is 0 Å². The van der Waals surface area contributed by atoms with Crippen molar-refractivity contribution in [2.24, 2.45) is 7.05 Å². The molecular formula is C29H26N2O2+2. The van der Waals surface area contributed by atoms with Crippen LogP contribution < -0.4 is 18.6 Å². The number of ether oxygens (including phenoxy) is 2. The van der Waals surface area contributed by atoms with E-state index in [2.05, 4.69) is 72.5 Å². The van der Waals surface area contributed by atoms with Gasteiger partial charge in [-0.2, -0.15) is 0 Å². The minimum Gasteiger partial charge on any atom is -0.450 e. The summed E-state index contributed by atoms with van der Waals surface area (Å²) in [4.78, 5) is 0. The predicted octanol–water partition coefficient (Wildman–Crippen LogP) is 5.82. The van der Waals surface area contributed by atoms with Gasteiger partial charge in [0.05, 0.1) is 0 Å². The first kappa shape index (κ1) is 19.7. The van der Waals surface area contributed by atoms with E-state index in [1.54, 1.807) is 0 Å². The number of pyridine rings is 2. The van der Waals surface area contributed by atoms with Crippen LogP contribution in [0.1, 0.15) is 42.0 Å². The molecule has 0 saturated carbocycles. The second-order valence-electron chi connectivity index (χ2n) is 8.65. The maximum Gasteiger partial charge on any atom is 0.212 e. The zero-order valence-electron chi connectivity index (χ0n) is 18.9. The molecule has 0 N–H and O–H groups in total. The fourth-order valence-corrected chi connectivity index (χ4v) is 4.73. The van der Waals surface area contributed by atoms with E-state index in [0.29, 0.717) is 0 Å². The van der Waals surface area contributed by atoms with Crippen molar-refractivity contribution in [3.63, 3.8) is 0 Å². The van der Waals surface area contributed by atoms with Crippen molar-refractivity contribution >= 4 is 11.1 Å². The molecule has 0 atom stereocenters. The summed E-state index contributed by atoms with van der Waals surface area (Å²) in [5.41, 5.74) is 6.75. The monoisotopic (exact) mass is 434 g/mol. The van der Waals surface area contributed by atoms with Crippen LogP contribution in [0.4, 0.5) is 0 Å². The van der Waals surface area contributed by atoms with Gasteiger partial charge >= 0.3 is 0 Å². The molecule has 2 aliphatic rings. The standard InChI is InChI=1S/C29H26N2O2/c1-3-4-15-31-17-14-23-27(19-31)33-25-12-8-6-10-21(25)29(23)28-20-9-5-7-11-24(20)32-26-18-30(2)16-13-22(26)28/h5-14,16-19H,3-4,15H2,1-2H3/q+2/b29-28+. The molecule has 4 nitrogen and oxygen atoms in total. The molecule has 0 radical (unpaired) electrons. The highest BCUT2D eigenvalue weighted by Gasteiger charge is 2.33. The topological polar surface area (TPSA) is 26.2 Å². The molecule has 2 aliphatic heterocycles. The first-order chi connectivity index (χ1) is 16.2. The zero-order chi connectivity index (χ0) is 22.4. The lowest BCUT2D eigenvalue weighted by molar-refractivity contribution is -0.697. The number of nitrogens with zero attached hydrogens (tertiary/aromatic N) is 2. The number of hydrogen-bond donors (Lipinski definition) is 0. The molecule has 0 saturated heterocycles. The number of unbranched alkanes of at least 4 members (excludes halogenated alkanes) is 1. The number of para-hydroxylation sites is 2. The lowest BCUT2D eigenvalue weighted by atomic mass is 9.83. The Kier molecular flexibility index (Phi) is 4.72. The lowest BCUT2D eigenvalue weighted by Gasteiger charge is -2.28. The summed E-state index contributed by atoms with van der Waals surface area (Å²) >= 11 is 0. The Balaban J connectivity index is 1.68. The van der Waals surface area contributed by atoms with Gasteiger partial charge in [-0.05, 0) is 12.1 Å². The second-order valence-corrected chi connectivity index (χ2v) is 8.65. The molecule has 4 heteroatoms. The second kappa shape index (κ2) is 7.89. The summed E-state index contributed by atoms with van der Waals surface area (Å²) in [5, 5.41) is 0. The van der Waals surface area contributed by atoms with Gasteiger partial charge in [0.15, 0.2) is 23.9 Å². The molecule has 6 rings (SSSR count). The number of fused-ring (bicyclic) bond motifs is 4. The molecule has 0 fully saturated rings. The van der Waals surface area contributed by atoms with Gasteiger partial charge in [-0.25, -0.2) is 9.13 Å². The maximum absolute atomic E-state index is 6.42. The van der Waals surface area contributed by atoms with Crippen LogP contribution >= 0.6 is 0 Å². The van der Waals surface area contributed by atoms with Crippen molar-refractivity contribution in [2.45, 2.75) is 26.3 Å². The minimum atomic E-state index is 0.862. The van der Waals surface area contributed by atoms with E-state index in [9.17, 15) is 0 Å². The fourth-order valence-electron chi connectivity index (χ4n) is 4.73. The molecule has 33 heavy (non-hydrogen) atoms. The molecular weight excluding hydrogens is 408 g/mol. The third-order valence-corrected chi connectivity index (χ3v) is 6.36. The highest BCUT2D eigenvalue weighted by Crippen LogP contribution is 2.52. The summed E-state index contributed by atoms with van der Waals surface area (Å²) in [6, 6.07) is 21.0. The molecule has 2 aromatic carbocycles. The molecule has 0 aliphatic carbocycles. The summed E-state index contributed by atoms with van der Waals surface area (Å²) in [7, 11) is 2.02. The molecule has 0 bridgehead atoms. The number of benzene rings is 2. The number of aryl methyl sites for hydroxylation is 2. The van der Waals surface area contributed by atoms with Crippen LogP contribution in [0.25, 0.3) is 11.1 Å². The Bertz CT molecular complexity index is 1420. The van der Waals surface area contributed by atoms with Gasteiger partial charge in [-0.15, -0.1) is 0 Å². The zero-order valence-corrected chi connectivity index (χ0v) is 18.9. The smallest absolute Gasteiger partial charge is 0.212 e. The number of aromatic nitrogens is 2. The van der Waals surface area contributed by atoms with Crippen LogP contribution in [0.5, 0.6) is 23.0 Å². The van der Waals surface area contributed by atoms with Crippen molar-refractivity contribution in [3.05, 3.63) is 108 Å². The Hall–Kier alpha value is -3.92. The van der Waals surface area contributed by atoms with E-state index in [-0.39, 0.29) is 0 Å². The van der Waals surface area contributed by atoms with Gasteiger partial charge < -0.3 is 9.47 Å². The molecule has 2 aromatic heterocycles. The predicted molar refractivity (Wildman–Crippen MR) is 127 cm³/mol. The van der Waals surface area contributed by atoms with Gasteiger partial charge in [-0.3, -0.25) is 0 Å². The first-order valence-corrected chi connectivity index (χ1v) is 11.5. The quantitative estimate of drug-likeness (QED) is 0.328. The van der Waals surface area contributed by atoms with E-state index in [1.165, 1.54) is 11.1 Å². The highest BCUT2D eigenvalue weighted by molar-refractivity contribution is 6.09. The van der Waals surface area contributed by atoms with Gasteiger partial charge in [0.25, 0.3) is 0 Å². The van der Waals surface area contributed by atoms with E-state index < -0.39 is 0 Å². The largest absolute Gasteiger partial charge is 0.450 e. The first-order valence-electron chi connectivity index (χ1n) is 11.5. The van der Waals surface area contributed by atoms with Gasteiger partial charge in [0.2, 0.25) is 12.4 Å². The molecule has 162 valence electrons. The summed E-state index contributed by atoms with van der Waals surface area (Å²) < 4.78 is 17.0. The SMILES string of the molecule is CCCC[n+]1ccc2c(c1)Oc1ccccc1/C2=C1/c2ccccc2Oc2c[n+](C)ccc21. The minimum absolute atomic E-state index is 0.862. The lowest BCUT2D eigenvalue weighted by Crippen LogP contribution is -2.33. The van der Waals surface area contributed by atoms with Crippen LogP contribution in [0.3, 0.4) is 0 Å². The van der Waals surface area contributed by atoms with Crippen LogP contribution in [0.15, 0.2) is 85.5 Å². The van der Waals surface area contributed by atoms with Gasteiger partial charge in [0.1, 0.15) is 25.1 Å². The Morgan fingerprint density at radius 3 is 1.82 bits per heavy atom. The van der Waals surface area contributed by atoms with E-state index in [0.717, 1.165) is 64.6 Å². The molecule has 0 amide bonds. The third-order valence-electron chi connectivity index (χ3n) is 6.36. The molecule has 0 unspecified atom stereocenters. The summed E-state index contributed by atoms with van der Waals surface area (Å²) in [5.74, 6) is 3.51. The average molecular weight is 435 g/mol. The van der Waals surface area contributed by atoms with Crippen molar-refractivity contribution in [1.29, 1.82) is 0 Å². The Morgan fingerprint density at radius 1 is 0.636 bits per heavy atom. The Labute approximate surface area is 194 Å². The Morgan fingerprint density at radius 2 is 1.18 bits per heavy atom. The van der Waals surface area contributed by atoms with E-state index >= 15 is 0 Å². The summed E-state index contributed by atoms with van der Waals surface area (Å²) in [6.07, 6.45) is 10.7. The average Bonchev–Trinajstić information content (AvgIpc) is 2.84. The summed E-state index contributed by atoms with van der Waals surface area (Å²) in [6.45, 7) is 3.20. The van der Waals surface area contributed by atoms with E-state index in [1.807, 2.05) is 36.0 Å². The number of rotatable bonds is 3. The number of hydrogen-bond acceptors (Lipinski definition) is 2. The van der Waals surface area contributed by atoms with Crippen LogP contribution in [0.2, 0.25) is 0 Å². The van der Waals surface area contributed by atoms with Crippen LogP contribution in [0, 0.1) is 0 Å². The van der Waals surface area contributed by atoms with Crippen LogP contribution in [-0.2, 0) is 13.6 Å². The highest BCUT2D eigenvalue weighted by atomic mass is 16.5. The fraction of sp³-hybridized carbons (Fsp3) is 0.172. The van der Waals surface area contributed by atoms with Gasteiger partial charge in [-0.1, -0.05) is 49.7 Å². The molecule has 0 spiro atoms. The van der Waals surface area contributed by atoms with Gasteiger partial charge in [0, 0.05) is 52.0 Å². The molecule has 4 aromatic rings. The van der Waals surface area contributed by atoms with Crippen molar-refractivity contribution in [3.8, 4) is 23.0 Å².